The highest BCUT2D eigenvalue weighted by molar-refractivity contribution is 7.15. The zero-order chi connectivity index (χ0) is 14.7. The van der Waals surface area contributed by atoms with Gasteiger partial charge in [-0.2, -0.15) is 5.10 Å². The fraction of sp³-hybridized carbons (Fsp3) is 0.0769. The van der Waals surface area contributed by atoms with Crippen LogP contribution >= 0.6 is 11.3 Å². The Hall–Kier alpha value is -2.70. The van der Waals surface area contributed by atoms with Crippen LogP contribution in [-0.2, 0) is 0 Å². The summed E-state index contributed by atoms with van der Waals surface area (Å²) in [6.45, 7) is 9.00. The Morgan fingerprint density at radius 2 is 1.79 bits per heavy atom. The van der Waals surface area contributed by atoms with Gasteiger partial charge in [0, 0.05) is 19.3 Å². The molecule has 5 nitrogen and oxygen atoms in total. The number of thiazole rings is 1. The highest BCUT2D eigenvalue weighted by atomic mass is 32.1. The molecule has 2 N–H and O–H groups in total. The molecule has 0 aliphatic carbocycles. The van der Waals surface area contributed by atoms with Crippen molar-refractivity contribution in [2.24, 2.45) is 10.9 Å². The highest BCUT2D eigenvalue weighted by Gasteiger charge is 2.00. The van der Waals surface area contributed by atoms with Crippen LogP contribution in [0.4, 0.5) is 0 Å². The molecule has 0 aliphatic heterocycles. The van der Waals surface area contributed by atoms with Gasteiger partial charge < -0.3 is 5.84 Å². The third kappa shape index (κ3) is 4.99. The first-order valence-electron chi connectivity index (χ1n) is 5.07. The van der Waals surface area contributed by atoms with Crippen LogP contribution in [-0.4, -0.2) is 11.2 Å². The number of nitrogens with zero attached hydrogens (tertiary/aromatic N) is 4. The largest absolute Gasteiger partial charge is 0.323 e. The predicted molar refractivity (Wildman–Crippen MR) is 77.4 cm³/mol. The summed E-state index contributed by atoms with van der Waals surface area (Å²) in [5.41, 5.74) is 2.18. The number of aryl methyl sites for hydroxylation is 1. The minimum absolute atomic E-state index is 1.00. The average Bonchev–Trinajstić information content (AvgIpc) is 2.91. The van der Waals surface area contributed by atoms with E-state index in [1.54, 1.807) is 17.6 Å². The summed E-state index contributed by atoms with van der Waals surface area (Å²) in [7, 11) is 0. The second kappa shape index (κ2) is 9.34. The summed E-state index contributed by atoms with van der Waals surface area (Å²) in [6, 6.07) is 8.06. The van der Waals surface area contributed by atoms with Crippen molar-refractivity contribution in [3.8, 4) is 23.6 Å². The van der Waals surface area contributed by atoms with Gasteiger partial charge in [0.2, 0.25) is 0 Å². The topological polar surface area (TPSA) is 98.8 Å². The van der Waals surface area contributed by atoms with Gasteiger partial charge in [0.15, 0.2) is 0 Å². The van der Waals surface area contributed by atoms with Gasteiger partial charge in [0.1, 0.15) is 0 Å². The lowest BCUT2D eigenvalue weighted by Gasteiger charge is -1.96. The van der Waals surface area contributed by atoms with Crippen LogP contribution in [0.2, 0.25) is 0 Å². The molecule has 0 spiro atoms. The first-order chi connectivity index (χ1) is 9.29. The van der Waals surface area contributed by atoms with E-state index in [0.29, 0.717) is 0 Å². The van der Waals surface area contributed by atoms with Crippen LogP contribution in [0.15, 0.2) is 35.6 Å². The molecule has 0 saturated heterocycles. The molecule has 2 aromatic rings. The van der Waals surface area contributed by atoms with Gasteiger partial charge in [-0.15, -0.1) is 11.3 Å². The SMILES string of the molecule is C#N.C#N.Cc1ncc(-c2ccc(C=NN)cc2)s1. The molecule has 6 heteroatoms. The maximum atomic E-state index is 6.50. The molecular formula is C13H13N5S. The zero-order valence-corrected chi connectivity index (χ0v) is 11.2. The molecule has 96 valence electrons. The third-order valence-corrected chi connectivity index (χ3v) is 3.00. The fourth-order valence-electron chi connectivity index (χ4n) is 1.31. The van der Waals surface area contributed by atoms with E-state index in [0.717, 1.165) is 10.6 Å². The maximum Gasteiger partial charge on any atom is 0.0900 e. The van der Waals surface area contributed by atoms with Crippen molar-refractivity contribution in [2.45, 2.75) is 6.92 Å². The quantitative estimate of drug-likeness (QED) is 0.515. The van der Waals surface area contributed by atoms with Crippen LogP contribution in [0.25, 0.3) is 10.4 Å². The van der Waals surface area contributed by atoms with Gasteiger partial charge in [-0.05, 0) is 18.1 Å². The van der Waals surface area contributed by atoms with Crippen LogP contribution in [0.5, 0.6) is 0 Å². The van der Waals surface area contributed by atoms with Crippen LogP contribution in [0.1, 0.15) is 10.6 Å². The average molecular weight is 271 g/mol. The van der Waals surface area contributed by atoms with Gasteiger partial charge >= 0.3 is 0 Å². The van der Waals surface area contributed by atoms with Crippen molar-refractivity contribution >= 4 is 17.6 Å². The molecule has 0 radical (unpaired) electrons. The van der Waals surface area contributed by atoms with Gasteiger partial charge in [-0.25, -0.2) is 15.5 Å². The summed E-state index contributed by atoms with van der Waals surface area (Å²) in [5.74, 6) is 5.07. The Morgan fingerprint density at radius 3 is 2.21 bits per heavy atom. The molecule has 0 fully saturated rings. The number of hydrazone groups is 1. The van der Waals surface area contributed by atoms with Gasteiger partial charge in [0.25, 0.3) is 0 Å². The molecule has 0 atom stereocenters. The lowest BCUT2D eigenvalue weighted by molar-refractivity contribution is 1.26. The second-order valence-corrected chi connectivity index (χ2v) is 4.38. The molecule has 2 rings (SSSR count). The molecule has 0 amide bonds. The van der Waals surface area contributed by atoms with Gasteiger partial charge in [-0.1, -0.05) is 24.3 Å². The number of nitrogens with two attached hydrogens (primary N) is 1. The number of benzene rings is 1. The molecule has 0 saturated carbocycles. The molecule has 1 aromatic heterocycles. The molecule has 1 aromatic carbocycles. The number of aromatic nitrogens is 1. The van der Waals surface area contributed by atoms with Crippen molar-refractivity contribution in [3.05, 3.63) is 41.0 Å². The standard InChI is InChI=1S/C11H11N3S.2CHN/c1-8-13-7-11(15-8)10-4-2-9(3-5-10)6-14-12;2*1-2/h2-7H,12H2,1H3;2*1H. The molecule has 19 heavy (non-hydrogen) atoms. The molecule has 0 unspecified atom stereocenters. The van der Waals surface area contributed by atoms with Crippen molar-refractivity contribution in [2.75, 3.05) is 0 Å². The minimum atomic E-state index is 1.00. The van der Waals surface area contributed by atoms with E-state index in [9.17, 15) is 0 Å². The van der Waals surface area contributed by atoms with E-state index in [1.165, 1.54) is 10.4 Å². The first-order valence-corrected chi connectivity index (χ1v) is 5.89. The van der Waals surface area contributed by atoms with E-state index in [1.807, 2.05) is 37.4 Å². The second-order valence-electron chi connectivity index (χ2n) is 3.14. The lowest BCUT2D eigenvalue weighted by Crippen LogP contribution is -1.85. The first kappa shape index (κ1) is 16.3. The third-order valence-electron chi connectivity index (χ3n) is 2.04. The summed E-state index contributed by atoms with van der Waals surface area (Å²) >= 11 is 1.69. The van der Waals surface area contributed by atoms with E-state index in [-0.39, 0.29) is 0 Å². The summed E-state index contributed by atoms with van der Waals surface area (Å²) in [4.78, 5) is 5.41. The van der Waals surface area contributed by atoms with Crippen molar-refractivity contribution in [1.29, 1.82) is 10.5 Å². The number of rotatable bonds is 2. The molecular weight excluding hydrogens is 258 g/mol. The number of hydrogen-bond acceptors (Lipinski definition) is 6. The Labute approximate surface area is 116 Å². The fourth-order valence-corrected chi connectivity index (χ4v) is 2.10. The Balaban J connectivity index is 0.000000741. The normalized spacial score (nSPS) is 8.89. The lowest BCUT2D eigenvalue weighted by atomic mass is 10.1. The molecule has 1 heterocycles. The van der Waals surface area contributed by atoms with Crippen molar-refractivity contribution in [1.82, 2.24) is 4.98 Å². The molecule has 0 aliphatic rings. The number of hydrogen-bond donors (Lipinski definition) is 1. The zero-order valence-electron chi connectivity index (χ0n) is 10.4. The summed E-state index contributed by atoms with van der Waals surface area (Å²) in [6.07, 6.45) is 3.52. The maximum absolute atomic E-state index is 6.50. The van der Waals surface area contributed by atoms with Crippen LogP contribution in [0, 0.1) is 30.6 Å². The van der Waals surface area contributed by atoms with E-state index in [4.69, 9.17) is 16.4 Å². The van der Waals surface area contributed by atoms with E-state index >= 15 is 0 Å². The predicted octanol–water partition coefficient (Wildman–Crippen LogP) is 2.69. The molecule has 0 bridgehead atoms. The van der Waals surface area contributed by atoms with Gasteiger partial charge in [0.05, 0.1) is 16.1 Å². The summed E-state index contributed by atoms with van der Waals surface area (Å²) < 4.78 is 0. The Bertz CT molecular complexity index is 545. The number of nitriles is 2. The smallest absolute Gasteiger partial charge is 0.0900 e. The van der Waals surface area contributed by atoms with Crippen LogP contribution in [0.3, 0.4) is 0 Å². The van der Waals surface area contributed by atoms with E-state index < -0.39 is 0 Å². The van der Waals surface area contributed by atoms with Crippen LogP contribution < -0.4 is 5.84 Å². The Morgan fingerprint density at radius 1 is 1.21 bits per heavy atom. The van der Waals surface area contributed by atoms with Crippen molar-refractivity contribution < 1.29 is 0 Å². The minimum Gasteiger partial charge on any atom is -0.323 e. The Kier molecular flexibility index (Phi) is 8.01. The van der Waals surface area contributed by atoms with E-state index in [2.05, 4.69) is 23.2 Å². The monoisotopic (exact) mass is 271 g/mol. The van der Waals surface area contributed by atoms with Gasteiger partial charge in [-0.3, -0.25) is 0 Å². The van der Waals surface area contributed by atoms with Crippen molar-refractivity contribution in [3.63, 3.8) is 0 Å². The highest BCUT2D eigenvalue weighted by Crippen LogP contribution is 2.25. The summed E-state index contributed by atoms with van der Waals surface area (Å²) in [5, 5.41) is 17.6.